The molecular weight excluding hydrogens is 681 g/mol. The van der Waals surface area contributed by atoms with Crippen LogP contribution in [0.5, 0.6) is 11.6 Å². The lowest BCUT2D eigenvalue weighted by atomic mass is 9.34. The third kappa shape index (κ3) is 4.63. The molecule has 2 aliphatic carbocycles. The van der Waals surface area contributed by atoms with E-state index in [9.17, 15) is 0 Å². The van der Waals surface area contributed by atoms with Crippen LogP contribution in [0.2, 0.25) is 0 Å². The zero-order valence-corrected chi connectivity index (χ0v) is 34.0. The summed E-state index contributed by atoms with van der Waals surface area (Å²) < 4.78 is 9.31. The van der Waals surface area contributed by atoms with E-state index in [0.29, 0.717) is 5.88 Å². The summed E-state index contributed by atoms with van der Waals surface area (Å²) in [4.78, 5) is 8.09. The summed E-state index contributed by atoms with van der Waals surface area (Å²) in [5, 5.41) is 2.44. The molecule has 0 saturated heterocycles. The predicted molar refractivity (Wildman–Crippen MR) is 235 cm³/mol. The summed E-state index contributed by atoms with van der Waals surface area (Å²) in [7, 11) is 0. The molecular formula is C51H50BN3O. The van der Waals surface area contributed by atoms with E-state index in [1.807, 2.05) is 0 Å². The van der Waals surface area contributed by atoms with E-state index >= 15 is 0 Å². The molecule has 278 valence electrons. The number of anilines is 3. The molecule has 7 aromatic rings. The third-order valence-corrected chi connectivity index (χ3v) is 14.4. The van der Waals surface area contributed by atoms with Gasteiger partial charge in [0.1, 0.15) is 11.6 Å². The monoisotopic (exact) mass is 731 g/mol. The number of para-hydroxylation sites is 3. The summed E-state index contributed by atoms with van der Waals surface area (Å²) in [6.07, 6.45) is 4.69. The van der Waals surface area contributed by atoms with Gasteiger partial charge in [-0.05, 0) is 117 Å². The second-order valence-electron chi connectivity index (χ2n) is 19.7. The van der Waals surface area contributed by atoms with Crippen LogP contribution >= 0.6 is 0 Å². The second-order valence-corrected chi connectivity index (χ2v) is 19.7. The Hall–Kier alpha value is -5.29. The Kier molecular flexibility index (Phi) is 6.79. The maximum absolute atomic E-state index is 6.97. The highest BCUT2D eigenvalue weighted by Crippen LogP contribution is 2.52. The zero-order valence-electron chi connectivity index (χ0n) is 34.0. The lowest BCUT2D eigenvalue weighted by Crippen LogP contribution is -2.60. The fourth-order valence-electron chi connectivity index (χ4n) is 10.9. The average Bonchev–Trinajstić information content (AvgIpc) is 3.52. The van der Waals surface area contributed by atoms with E-state index in [1.54, 1.807) is 0 Å². The lowest BCUT2D eigenvalue weighted by Gasteiger charge is -2.46. The Labute approximate surface area is 331 Å². The Morgan fingerprint density at radius 1 is 0.536 bits per heavy atom. The molecule has 0 N–H and O–H groups in total. The molecule has 4 heterocycles. The summed E-state index contributed by atoms with van der Waals surface area (Å²) in [6, 6.07) is 41.0. The first-order valence-electron chi connectivity index (χ1n) is 20.7. The predicted octanol–water partition coefficient (Wildman–Crippen LogP) is 11.3. The first kappa shape index (κ1) is 34.0. The molecule has 5 heteroatoms. The molecule has 0 unspecified atom stereocenters. The highest BCUT2D eigenvalue weighted by atomic mass is 16.5. The van der Waals surface area contributed by atoms with Gasteiger partial charge in [-0.3, -0.25) is 4.57 Å². The van der Waals surface area contributed by atoms with Gasteiger partial charge >= 0.3 is 0 Å². The minimum Gasteiger partial charge on any atom is -0.440 e. The maximum Gasteiger partial charge on any atom is 0.258 e. The Balaban J connectivity index is 1.27. The molecule has 11 rings (SSSR count). The fraction of sp³-hybridized carbons (Fsp3) is 0.314. The van der Waals surface area contributed by atoms with Crippen molar-refractivity contribution in [3.05, 3.63) is 131 Å². The van der Waals surface area contributed by atoms with Gasteiger partial charge in [-0.25, -0.2) is 0 Å². The van der Waals surface area contributed by atoms with Gasteiger partial charge in [-0.15, -0.1) is 0 Å². The summed E-state index contributed by atoms with van der Waals surface area (Å²) >= 11 is 0. The first-order chi connectivity index (χ1) is 26.7. The maximum atomic E-state index is 6.97. The van der Waals surface area contributed by atoms with E-state index in [4.69, 9.17) is 9.72 Å². The highest BCUT2D eigenvalue weighted by Gasteiger charge is 2.47. The smallest absolute Gasteiger partial charge is 0.258 e. The summed E-state index contributed by atoms with van der Waals surface area (Å²) in [5.74, 6) is 2.44. The van der Waals surface area contributed by atoms with Crippen LogP contribution in [-0.4, -0.2) is 16.3 Å². The average molecular weight is 732 g/mol. The molecule has 5 aromatic carbocycles. The third-order valence-electron chi connectivity index (χ3n) is 14.4. The van der Waals surface area contributed by atoms with Crippen molar-refractivity contribution in [3.63, 3.8) is 0 Å². The summed E-state index contributed by atoms with van der Waals surface area (Å²) in [5.41, 5.74) is 15.8. The van der Waals surface area contributed by atoms with Crippen molar-refractivity contribution in [2.24, 2.45) is 0 Å². The van der Waals surface area contributed by atoms with Gasteiger partial charge in [0.15, 0.2) is 0 Å². The molecule has 2 aliphatic heterocycles. The minimum atomic E-state index is -0.0185. The van der Waals surface area contributed by atoms with Gasteiger partial charge in [-0.1, -0.05) is 122 Å². The van der Waals surface area contributed by atoms with Crippen molar-refractivity contribution >= 4 is 62.0 Å². The molecule has 56 heavy (non-hydrogen) atoms. The fourth-order valence-corrected chi connectivity index (χ4v) is 10.9. The van der Waals surface area contributed by atoms with Crippen LogP contribution in [0.25, 0.3) is 27.6 Å². The Bertz CT molecular complexity index is 2770. The summed E-state index contributed by atoms with van der Waals surface area (Å²) in [6.45, 7) is 19.5. The van der Waals surface area contributed by atoms with Crippen LogP contribution in [0.4, 0.5) is 17.1 Å². The molecule has 0 bridgehead atoms. The SMILES string of the molecule is CC1(C)CCC(C)(C)c2cc(N3c4cc5c(cc4B4c6ccccc6Oc6nc(-n7c8ccccc8c8ccccc87)cc3c64)C(C)(C)CCC5(C)C)ccc21. The molecule has 0 saturated carbocycles. The molecule has 2 aromatic heterocycles. The highest BCUT2D eigenvalue weighted by molar-refractivity contribution is 6.99. The van der Waals surface area contributed by atoms with E-state index in [-0.39, 0.29) is 28.4 Å². The normalized spacial score (nSPS) is 19.1. The van der Waals surface area contributed by atoms with Crippen molar-refractivity contribution in [2.45, 2.75) is 103 Å². The van der Waals surface area contributed by atoms with E-state index < -0.39 is 0 Å². The topological polar surface area (TPSA) is 30.3 Å². The van der Waals surface area contributed by atoms with E-state index in [2.05, 4.69) is 174 Å². The number of aromatic nitrogens is 2. The number of nitrogens with zero attached hydrogens (tertiary/aromatic N) is 3. The first-order valence-corrected chi connectivity index (χ1v) is 20.7. The molecule has 0 amide bonds. The van der Waals surface area contributed by atoms with E-state index in [0.717, 1.165) is 40.2 Å². The number of pyridine rings is 1. The second kappa shape index (κ2) is 11.2. The van der Waals surface area contributed by atoms with Gasteiger partial charge in [0.25, 0.3) is 6.71 Å². The largest absolute Gasteiger partial charge is 0.440 e. The standard InChI is InChI=1S/C51H50BN3O/c1-48(2)23-24-49(3,4)35-27-31(21-22-34(35)48)54-42-29-37-36(50(5,6)25-26-51(37,7)8)28-39(42)52-38-17-11-14-20-44(38)56-47-46(52)43(54)30-45(53-47)55-40-18-12-9-15-32(40)33-16-10-13-19-41(33)55/h9-22,27-30H,23-26H2,1-8H3. The van der Waals surface area contributed by atoms with Crippen LogP contribution in [0.1, 0.15) is 103 Å². The van der Waals surface area contributed by atoms with Gasteiger partial charge in [-0.2, -0.15) is 4.98 Å². The number of benzene rings is 5. The van der Waals surface area contributed by atoms with E-state index in [1.165, 1.54) is 74.6 Å². The number of hydrogen-bond acceptors (Lipinski definition) is 3. The van der Waals surface area contributed by atoms with Gasteiger partial charge in [0.05, 0.1) is 16.7 Å². The number of fused-ring (bicyclic) bond motifs is 9. The van der Waals surface area contributed by atoms with Crippen LogP contribution in [0.3, 0.4) is 0 Å². The van der Waals surface area contributed by atoms with Crippen molar-refractivity contribution in [1.82, 2.24) is 9.55 Å². The quantitative estimate of drug-likeness (QED) is 0.166. The van der Waals surface area contributed by atoms with Crippen molar-refractivity contribution < 1.29 is 4.74 Å². The molecule has 4 aliphatic rings. The van der Waals surface area contributed by atoms with Crippen molar-refractivity contribution in [1.29, 1.82) is 0 Å². The zero-order chi connectivity index (χ0) is 38.5. The molecule has 0 spiro atoms. The van der Waals surface area contributed by atoms with Crippen molar-refractivity contribution in [3.8, 4) is 17.4 Å². The van der Waals surface area contributed by atoms with Crippen LogP contribution in [0.15, 0.2) is 109 Å². The van der Waals surface area contributed by atoms with Gasteiger partial charge in [0.2, 0.25) is 5.88 Å². The van der Waals surface area contributed by atoms with Gasteiger partial charge < -0.3 is 9.64 Å². The van der Waals surface area contributed by atoms with Crippen LogP contribution in [-0.2, 0) is 21.7 Å². The molecule has 4 nitrogen and oxygen atoms in total. The molecule has 0 fully saturated rings. The van der Waals surface area contributed by atoms with Gasteiger partial charge in [0, 0.05) is 33.7 Å². The van der Waals surface area contributed by atoms with Crippen LogP contribution < -0.4 is 26.0 Å². The number of ether oxygens (including phenoxy) is 1. The Morgan fingerprint density at radius 2 is 1.09 bits per heavy atom. The minimum absolute atomic E-state index is 0.0185. The Morgan fingerprint density at radius 3 is 1.75 bits per heavy atom. The number of hydrogen-bond donors (Lipinski definition) is 0. The lowest BCUT2D eigenvalue weighted by molar-refractivity contribution is 0.332. The molecule has 0 radical (unpaired) electrons. The number of rotatable bonds is 2. The van der Waals surface area contributed by atoms with Crippen molar-refractivity contribution in [2.75, 3.05) is 4.90 Å². The van der Waals surface area contributed by atoms with Crippen LogP contribution in [0, 0.1) is 0 Å². The molecule has 0 atom stereocenters.